The molecule has 1 aromatic heterocycles. The number of carbonyl (C=O) groups is 1. The third-order valence-electron chi connectivity index (χ3n) is 6.35. The molecule has 6 nitrogen and oxygen atoms in total. The van der Waals surface area contributed by atoms with E-state index in [1.807, 2.05) is 30.3 Å². The molecule has 5 rings (SSSR count). The van der Waals surface area contributed by atoms with Gasteiger partial charge in [0.05, 0.1) is 10.2 Å². The number of hydrogen-bond donors (Lipinski definition) is 2. The number of rotatable bonds is 6. The molecule has 2 bridgehead atoms. The molecule has 0 spiro atoms. The number of primary amides is 1. The normalized spacial score (nSPS) is 23.2. The number of ether oxygens (including phenoxy) is 1. The van der Waals surface area contributed by atoms with Gasteiger partial charge in [-0.3, -0.25) is 4.90 Å². The minimum Gasteiger partial charge on any atom is -0.431 e. The molecule has 3 N–H and O–H groups in total. The molecule has 2 amide bonds. The van der Waals surface area contributed by atoms with Crippen molar-refractivity contribution in [3.63, 3.8) is 0 Å². The number of nitrogens with zero attached hydrogens (tertiary/aromatic N) is 2. The number of aromatic nitrogens is 1. The molecule has 8 heteroatoms. The summed E-state index contributed by atoms with van der Waals surface area (Å²) in [7, 11) is 0. The lowest BCUT2D eigenvalue weighted by molar-refractivity contribution is 0.121. The summed E-state index contributed by atoms with van der Waals surface area (Å²) in [5.74, 6) is 0.785. The zero-order valence-corrected chi connectivity index (χ0v) is 18.7. The lowest BCUT2D eigenvalue weighted by Crippen LogP contribution is -2.51. The first-order chi connectivity index (χ1) is 15.0. The average Bonchev–Trinajstić information content (AvgIpc) is 3.23. The van der Waals surface area contributed by atoms with Gasteiger partial charge in [0.1, 0.15) is 5.75 Å². The van der Waals surface area contributed by atoms with Gasteiger partial charge < -0.3 is 15.8 Å². The van der Waals surface area contributed by atoms with Crippen molar-refractivity contribution in [3.8, 4) is 10.9 Å². The Labute approximate surface area is 190 Å². The zero-order valence-electron chi connectivity index (χ0n) is 17.1. The van der Waals surface area contributed by atoms with E-state index in [2.05, 4.69) is 27.3 Å². The average molecular weight is 457 g/mol. The minimum absolute atomic E-state index is 0.223. The number of nitrogens with two attached hydrogens (primary N) is 1. The summed E-state index contributed by atoms with van der Waals surface area (Å²) in [6.45, 7) is 1.04. The number of amides is 2. The van der Waals surface area contributed by atoms with Gasteiger partial charge in [-0.15, -0.1) is 0 Å². The van der Waals surface area contributed by atoms with E-state index in [0.717, 1.165) is 41.8 Å². The molecule has 2 fully saturated rings. The summed E-state index contributed by atoms with van der Waals surface area (Å²) in [6.07, 6.45) is 5.42. The summed E-state index contributed by atoms with van der Waals surface area (Å²) in [4.78, 5) is 18.3. The predicted molar refractivity (Wildman–Crippen MR) is 124 cm³/mol. The summed E-state index contributed by atoms with van der Waals surface area (Å²) in [6, 6.07) is 14.9. The zero-order chi connectivity index (χ0) is 21.4. The highest BCUT2D eigenvalue weighted by molar-refractivity contribution is 7.20. The quantitative estimate of drug-likeness (QED) is 0.550. The van der Waals surface area contributed by atoms with E-state index in [-0.39, 0.29) is 6.04 Å². The first kappa shape index (κ1) is 20.5. The van der Waals surface area contributed by atoms with Crippen LogP contribution in [0, 0.1) is 0 Å². The third-order valence-corrected chi connectivity index (χ3v) is 7.50. The van der Waals surface area contributed by atoms with Crippen LogP contribution in [-0.2, 0) is 6.42 Å². The fraction of sp³-hybridized carbons (Fsp3) is 0.391. The van der Waals surface area contributed by atoms with Crippen molar-refractivity contribution in [2.45, 2.75) is 50.2 Å². The number of nitrogens with one attached hydrogen (secondary N) is 1. The van der Waals surface area contributed by atoms with Gasteiger partial charge in [-0.1, -0.05) is 35.1 Å². The van der Waals surface area contributed by atoms with E-state index in [4.69, 9.17) is 22.1 Å². The molecule has 2 unspecified atom stereocenters. The number of carbonyl (C=O) groups excluding carboxylic acids is 1. The van der Waals surface area contributed by atoms with Crippen molar-refractivity contribution < 1.29 is 9.53 Å². The molecule has 31 heavy (non-hydrogen) atoms. The third kappa shape index (κ3) is 4.63. The lowest BCUT2D eigenvalue weighted by atomic mass is 9.96. The Morgan fingerprint density at radius 1 is 1.19 bits per heavy atom. The standard InChI is InChI=1S/C23H25ClN4O2S/c24-15-3-8-21-20(11-15)27-23(31-21)30-19-6-1-14(2-7-19)9-10-28-17-4-5-18(28)13-16(12-17)26-22(25)29/h1-3,6-8,11,16-18H,4-5,9-10,12-13H2,(H3,25,26,29). The number of hydrogen-bond acceptors (Lipinski definition) is 5. The van der Waals surface area contributed by atoms with Gasteiger partial charge in [-0.05, 0) is 68.0 Å². The van der Waals surface area contributed by atoms with Gasteiger partial charge in [0, 0.05) is 29.7 Å². The van der Waals surface area contributed by atoms with E-state index >= 15 is 0 Å². The summed E-state index contributed by atoms with van der Waals surface area (Å²) in [5, 5.41) is 4.20. The molecule has 0 radical (unpaired) electrons. The number of benzene rings is 2. The molecule has 2 aromatic carbocycles. The summed E-state index contributed by atoms with van der Waals surface area (Å²) < 4.78 is 7.01. The van der Waals surface area contributed by atoms with Crippen LogP contribution in [0.4, 0.5) is 4.79 Å². The second-order valence-electron chi connectivity index (χ2n) is 8.39. The smallest absolute Gasteiger partial charge is 0.312 e. The van der Waals surface area contributed by atoms with Crippen LogP contribution in [-0.4, -0.2) is 40.6 Å². The van der Waals surface area contributed by atoms with Crippen LogP contribution in [0.25, 0.3) is 10.2 Å². The lowest BCUT2D eigenvalue weighted by Gasteiger charge is -2.39. The SMILES string of the molecule is NC(=O)NC1CC2CCC(C1)N2CCc1ccc(Oc2nc3cc(Cl)ccc3s2)cc1. The number of piperidine rings is 1. The fourth-order valence-corrected chi connectivity index (χ4v) is 5.95. The molecule has 2 atom stereocenters. The molecule has 2 saturated heterocycles. The van der Waals surface area contributed by atoms with Gasteiger partial charge in [0.2, 0.25) is 0 Å². The summed E-state index contributed by atoms with van der Waals surface area (Å²) >= 11 is 7.55. The molecule has 3 heterocycles. The highest BCUT2D eigenvalue weighted by Gasteiger charge is 2.40. The molecule has 0 aliphatic carbocycles. The largest absolute Gasteiger partial charge is 0.431 e. The van der Waals surface area contributed by atoms with Gasteiger partial charge in [0.15, 0.2) is 0 Å². The topological polar surface area (TPSA) is 80.5 Å². The molecule has 3 aromatic rings. The van der Waals surface area contributed by atoms with Crippen LogP contribution in [0.1, 0.15) is 31.2 Å². The van der Waals surface area contributed by atoms with Crippen molar-refractivity contribution in [1.82, 2.24) is 15.2 Å². The van der Waals surface area contributed by atoms with Crippen LogP contribution in [0.2, 0.25) is 5.02 Å². The minimum atomic E-state index is -0.408. The molecule has 2 aliphatic heterocycles. The molecule has 0 saturated carbocycles. The second kappa shape index (κ2) is 8.65. The first-order valence-corrected chi connectivity index (χ1v) is 11.9. The van der Waals surface area contributed by atoms with Crippen molar-refractivity contribution in [2.24, 2.45) is 5.73 Å². The van der Waals surface area contributed by atoms with Crippen LogP contribution < -0.4 is 15.8 Å². The van der Waals surface area contributed by atoms with E-state index in [0.29, 0.717) is 22.3 Å². The van der Waals surface area contributed by atoms with E-state index in [1.165, 1.54) is 29.7 Å². The maximum Gasteiger partial charge on any atom is 0.312 e. The predicted octanol–water partition coefficient (Wildman–Crippen LogP) is 4.95. The molecular weight excluding hydrogens is 432 g/mol. The number of fused-ring (bicyclic) bond motifs is 3. The molecule has 162 valence electrons. The monoisotopic (exact) mass is 456 g/mol. The number of thiazole rings is 1. The van der Waals surface area contributed by atoms with Crippen LogP contribution in [0.15, 0.2) is 42.5 Å². The maximum atomic E-state index is 11.2. The van der Waals surface area contributed by atoms with Crippen molar-refractivity contribution in [2.75, 3.05) is 6.54 Å². The van der Waals surface area contributed by atoms with E-state index < -0.39 is 6.03 Å². The number of halogens is 1. The summed E-state index contributed by atoms with van der Waals surface area (Å²) in [5.41, 5.74) is 7.45. The van der Waals surface area contributed by atoms with Crippen LogP contribution >= 0.6 is 22.9 Å². The van der Waals surface area contributed by atoms with Gasteiger partial charge in [-0.2, -0.15) is 0 Å². The number of urea groups is 1. The van der Waals surface area contributed by atoms with E-state index in [9.17, 15) is 4.79 Å². The van der Waals surface area contributed by atoms with Gasteiger partial charge >= 0.3 is 6.03 Å². The van der Waals surface area contributed by atoms with Gasteiger partial charge in [0.25, 0.3) is 5.19 Å². The van der Waals surface area contributed by atoms with E-state index in [1.54, 1.807) is 0 Å². The maximum absolute atomic E-state index is 11.2. The fourth-order valence-electron chi connectivity index (χ4n) is 4.96. The van der Waals surface area contributed by atoms with Crippen molar-refractivity contribution >= 4 is 39.2 Å². The second-order valence-corrected chi connectivity index (χ2v) is 9.82. The Bertz CT molecular complexity index is 1070. The Morgan fingerprint density at radius 2 is 1.94 bits per heavy atom. The van der Waals surface area contributed by atoms with Crippen LogP contribution in [0.3, 0.4) is 0 Å². The Hall–Kier alpha value is -2.35. The molecule has 2 aliphatic rings. The highest BCUT2D eigenvalue weighted by atomic mass is 35.5. The van der Waals surface area contributed by atoms with Gasteiger partial charge in [-0.25, -0.2) is 9.78 Å². The Balaban J connectivity index is 1.17. The first-order valence-electron chi connectivity index (χ1n) is 10.7. The Morgan fingerprint density at radius 3 is 2.65 bits per heavy atom. The highest BCUT2D eigenvalue weighted by Crippen LogP contribution is 2.36. The van der Waals surface area contributed by atoms with Crippen LogP contribution in [0.5, 0.6) is 10.9 Å². The Kier molecular flexibility index (Phi) is 5.73. The molecular formula is C23H25ClN4O2S. The van der Waals surface area contributed by atoms with Crippen molar-refractivity contribution in [1.29, 1.82) is 0 Å². The van der Waals surface area contributed by atoms with Crippen molar-refractivity contribution in [3.05, 3.63) is 53.1 Å².